The van der Waals surface area contributed by atoms with Crippen molar-refractivity contribution in [3.8, 4) is 0 Å². The van der Waals surface area contributed by atoms with Gasteiger partial charge in [0.05, 0.1) is 19.8 Å². The summed E-state index contributed by atoms with van der Waals surface area (Å²) >= 11 is 0. The molecular weight excluding hydrogens is 220 g/mol. The summed E-state index contributed by atoms with van der Waals surface area (Å²) in [5.74, 6) is 2.39. The first-order valence-corrected chi connectivity index (χ1v) is 5.78. The average molecular weight is 240 g/mol. The average Bonchev–Trinajstić information content (AvgIpc) is 2.38. The van der Waals surface area contributed by atoms with Gasteiger partial charge in [-0.1, -0.05) is 6.92 Å². The molecule has 0 aliphatic rings. The number of ether oxygens (including phenoxy) is 1. The molecule has 0 spiro atoms. The first kappa shape index (κ1) is 13.7. The van der Waals surface area contributed by atoms with Crippen molar-refractivity contribution in [1.82, 2.24) is 9.97 Å². The number of hydrogen-bond acceptors (Lipinski definition) is 6. The molecule has 1 aromatic heterocycles. The zero-order valence-corrected chi connectivity index (χ0v) is 10.4. The number of aliphatic hydroxyl groups excluding tert-OH is 1. The fourth-order valence-corrected chi connectivity index (χ4v) is 1.29. The molecule has 0 aliphatic carbocycles. The van der Waals surface area contributed by atoms with Gasteiger partial charge in [0.2, 0.25) is 0 Å². The fraction of sp³-hybridized carbons (Fsp3) is 0.636. The molecule has 0 radical (unpaired) electrons. The van der Waals surface area contributed by atoms with Gasteiger partial charge in [-0.3, -0.25) is 0 Å². The van der Waals surface area contributed by atoms with Crippen molar-refractivity contribution in [3.63, 3.8) is 0 Å². The number of rotatable bonds is 8. The fourth-order valence-electron chi connectivity index (χ4n) is 1.29. The molecule has 0 unspecified atom stereocenters. The highest BCUT2D eigenvalue weighted by atomic mass is 16.5. The molecule has 0 saturated heterocycles. The topological polar surface area (TPSA) is 79.3 Å². The number of hydrogen-bond donors (Lipinski definition) is 3. The summed E-state index contributed by atoms with van der Waals surface area (Å²) in [6, 6.07) is 1.85. The Morgan fingerprint density at radius 3 is 2.71 bits per heavy atom. The van der Waals surface area contributed by atoms with Gasteiger partial charge in [0.25, 0.3) is 0 Å². The molecule has 0 aliphatic heterocycles. The van der Waals surface area contributed by atoms with Crippen LogP contribution in [-0.4, -0.2) is 48.5 Å². The van der Waals surface area contributed by atoms with Crippen molar-refractivity contribution in [2.24, 2.45) is 0 Å². The van der Waals surface area contributed by atoms with Crippen molar-refractivity contribution in [3.05, 3.63) is 11.9 Å². The SMILES string of the molecule is CCc1nc(NC)cc(NCCOCCO)n1. The third-order valence-corrected chi connectivity index (χ3v) is 2.13. The summed E-state index contributed by atoms with van der Waals surface area (Å²) in [5.41, 5.74) is 0. The maximum absolute atomic E-state index is 8.54. The summed E-state index contributed by atoms with van der Waals surface area (Å²) in [7, 11) is 1.83. The molecule has 1 rings (SSSR count). The Hall–Kier alpha value is -1.40. The zero-order valence-electron chi connectivity index (χ0n) is 10.4. The van der Waals surface area contributed by atoms with Crippen LogP contribution in [0.1, 0.15) is 12.7 Å². The van der Waals surface area contributed by atoms with Crippen LogP contribution in [-0.2, 0) is 11.2 Å². The maximum atomic E-state index is 8.54. The van der Waals surface area contributed by atoms with Gasteiger partial charge in [0.1, 0.15) is 17.5 Å². The number of aryl methyl sites for hydroxylation is 1. The third kappa shape index (κ3) is 4.97. The lowest BCUT2D eigenvalue weighted by Crippen LogP contribution is -2.13. The first-order chi connectivity index (χ1) is 8.30. The summed E-state index contributed by atoms with van der Waals surface area (Å²) in [4.78, 5) is 8.65. The summed E-state index contributed by atoms with van der Waals surface area (Å²) < 4.78 is 5.15. The molecule has 0 aromatic carbocycles. The normalized spacial score (nSPS) is 10.3. The van der Waals surface area contributed by atoms with Crippen LogP contribution in [0, 0.1) is 0 Å². The molecule has 3 N–H and O–H groups in total. The predicted octanol–water partition coefficient (Wildman–Crippen LogP) is 0.501. The monoisotopic (exact) mass is 240 g/mol. The molecule has 1 heterocycles. The summed E-state index contributed by atoms with van der Waals surface area (Å²) in [5, 5.41) is 14.7. The van der Waals surface area contributed by atoms with Crippen molar-refractivity contribution < 1.29 is 9.84 Å². The van der Waals surface area contributed by atoms with Crippen LogP contribution in [0.15, 0.2) is 6.07 Å². The number of nitrogens with zero attached hydrogens (tertiary/aromatic N) is 2. The second kappa shape index (κ2) is 7.81. The van der Waals surface area contributed by atoms with Crippen LogP contribution in [0.25, 0.3) is 0 Å². The number of anilines is 2. The van der Waals surface area contributed by atoms with Gasteiger partial charge in [-0.2, -0.15) is 0 Å². The molecule has 6 nitrogen and oxygen atoms in total. The lowest BCUT2D eigenvalue weighted by Gasteiger charge is -2.09. The van der Waals surface area contributed by atoms with Gasteiger partial charge in [0, 0.05) is 26.1 Å². The number of nitrogens with one attached hydrogen (secondary N) is 2. The largest absolute Gasteiger partial charge is 0.394 e. The molecule has 0 saturated carbocycles. The Labute approximate surface area is 101 Å². The molecule has 6 heteroatoms. The highest BCUT2D eigenvalue weighted by Crippen LogP contribution is 2.10. The van der Waals surface area contributed by atoms with Gasteiger partial charge in [0.15, 0.2) is 0 Å². The van der Waals surface area contributed by atoms with E-state index in [9.17, 15) is 0 Å². The molecule has 0 amide bonds. The van der Waals surface area contributed by atoms with E-state index in [0.717, 1.165) is 23.9 Å². The van der Waals surface area contributed by atoms with E-state index in [0.29, 0.717) is 19.8 Å². The smallest absolute Gasteiger partial charge is 0.132 e. The Morgan fingerprint density at radius 1 is 1.29 bits per heavy atom. The van der Waals surface area contributed by atoms with E-state index >= 15 is 0 Å². The molecular formula is C11H20N4O2. The maximum Gasteiger partial charge on any atom is 0.132 e. The molecule has 0 bridgehead atoms. The Bertz CT molecular complexity index is 311. The van der Waals surface area contributed by atoms with Gasteiger partial charge in [-0.25, -0.2) is 9.97 Å². The Kier molecular flexibility index (Phi) is 6.27. The highest BCUT2D eigenvalue weighted by Gasteiger charge is 2.01. The molecule has 96 valence electrons. The van der Waals surface area contributed by atoms with E-state index in [4.69, 9.17) is 9.84 Å². The van der Waals surface area contributed by atoms with E-state index in [2.05, 4.69) is 20.6 Å². The minimum absolute atomic E-state index is 0.0530. The van der Waals surface area contributed by atoms with E-state index < -0.39 is 0 Å². The molecule has 0 fully saturated rings. The molecule has 17 heavy (non-hydrogen) atoms. The standard InChI is InChI=1S/C11H20N4O2/c1-3-9-14-10(12-2)8-11(15-9)13-4-6-17-7-5-16/h8,16H,3-7H2,1-2H3,(H2,12,13,14,15). The van der Waals surface area contributed by atoms with E-state index in [1.54, 1.807) is 0 Å². The van der Waals surface area contributed by atoms with Crippen molar-refractivity contribution in [1.29, 1.82) is 0 Å². The second-order valence-corrected chi connectivity index (χ2v) is 3.42. The van der Waals surface area contributed by atoms with E-state index in [-0.39, 0.29) is 6.61 Å². The van der Waals surface area contributed by atoms with Crippen molar-refractivity contribution in [2.75, 3.05) is 44.0 Å². The van der Waals surface area contributed by atoms with Crippen LogP contribution in [0.4, 0.5) is 11.6 Å². The van der Waals surface area contributed by atoms with Crippen LogP contribution in [0.2, 0.25) is 0 Å². The van der Waals surface area contributed by atoms with Gasteiger partial charge in [-0.05, 0) is 0 Å². The van der Waals surface area contributed by atoms with Gasteiger partial charge in [-0.15, -0.1) is 0 Å². The minimum Gasteiger partial charge on any atom is -0.394 e. The molecule has 1 aromatic rings. The van der Waals surface area contributed by atoms with Gasteiger partial charge >= 0.3 is 0 Å². The zero-order chi connectivity index (χ0) is 12.5. The van der Waals surface area contributed by atoms with Crippen LogP contribution in [0.5, 0.6) is 0 Å². The lowest BCUT2D eigenvalue weighted by molar-refractivity contribution is 0.0992. The van der Waals surface area contributed by atoms with Crippen molar-refractivity contribution >= 4 is 11.6 Å². The van der Waals surface area contributed by atoms with Crippen LogP contribution < -0.4 is 10.6 Å². The predicted molar refractivity (Wildman–Crippen MR) is 67.4 cm³/mol. The third-order valence-electron chi connectivity index (χ3n) is 2.13. The van der Waals surface area contributed by atoms with E-state index in [1.165, 1.54) is 0 Å². The number of aliphatic hydroxyl groups is 1. The first-order valence-electron chi connectivity index (χ1n) is 5.78. The summed E-state index contributed by atoms with van der Waals surface area (Å²) in [6.45, 7) is 3.64. The Morgan fingerprint density at radius 2 is 2.06 bits per heavy atom. The highest BCUT2D eigenvalue weighted by molar-refractivity contribution is 5.47. The van der Waals surface area contributed by atoms with Gasteiger partial charge < -0.3 is 20.5 Å². The molecule has 0 atom stereocenters. The Balaban J connectivity index is 2.46. The summed E-state index contributed by atoms with van der Waals surface area (Å²) in [6.07, 6.45) is 0.797. The quantitative estimate of drug-likeness (QED) is 0.574. The van der Waals surface area contributed by atoms with Crippen LogP contribution in [0.3, 0.4) is 0 Å². The van der Waals surface area contributed by atoms with Crippen molar-refractivity contribution in [2.45, 2.75) is 13.3 Å². The second-order valence-electron chi connectivity index (χ2n) is 3.42. The van der Waals surface area contributed by atoms with Crippen LogP contribution >= 0.6 is 0 Å². The lowest BCUT2D eigenvalue weighted by atomic mass is 10.4. The number of aromatic nitrogens is 2. The minimum atomic E-state index is 0.0530. The van der Waals surface area contributed by atoms with E-state index in [1.807, 2.05) is 20.0 Å².